The summed E-state index contributed by atoms with van der Waals surface area (Å²) in [6.45, 7) is 5.12. The summed E-state index contributed by atoms with van der Waals surface area (Å²) in [4.78, 5) is 17.3. The van der Waals surface area contributed by atoms with Crippen LogP contribution in [0.4, 0.5) is 5.13 Å². The van der Waals surface area contributed by atoms with E-state index in [2.05, 4.69) is 10.3 Å². The van der Waals surface area contributed by atoms with Gasteiger partial charge in [0, 0.05) is 18.7 Å². The Labute approximate surface area is 168 Å². The lowest BCUT2D eigenvalue weighted by Gasteiger charge is -2.15. The Kier molecular flexibility index (Phi) is 4.95. The molecular weight excluding hydrogens is 394 g/mol. The fourth-order valence-corrected chi connectivity index (χ4v) is 5.86. The number of nitrogens with one attached hydrogen (secondary N) is 1. The molecule has 0 bridgehead atoms. The number of rotatable bonds is 4. The van der Waals surface area contributed by atoms with Gasteiger partial charge in [0.1, 0.15) is 0 Å². The zero-order valence-electron chi connectivity index (χ0n) is 15.7. The maximum absolute atomic E-state index is 12.6. The molecule has 6 nitrogen and oxygen atoms in total. The smallest absolute Gasteiger partial charge is 0.257 e. The number of sulfonamides is 1. The molecule has 3 aromatic rings. The van der Waals surface area contributed by atoms with Gasteiger partial charge in [0.05, 0.1) is 15.1 Å². The van der Waals surface area contributed by atoms with Crippen molar-refractivity contribution in [2.24, 2.45) is 0 Å². The number of carbonyl (C=O) groups excluding carboxylic acids is 1. The summed E-state index contributed by atoms with van der Waals surface area (Å²) in [6, 6.07) is 10.1. The monoisotopic (exact) mass is 415 g/mol. The third-order valence-corrected chi connectivity index (χ3v) is 8.00. The van der Waals surface area contributed by atoms with Gasteiger partial charge in [-0.3, -0.25) is 10.1 Å². The van der Waals surface area contributed by atoms with Crippen LogP contribution in [0.25, 0.3) is 10.2 Å². The molecule has 8 heteroatoms. The van der Waals surface area contributed by atoms with E-state index in [1.54, 1.807) is 12.1 Å². The first-order valence-corrected chi connectivity index (χ1v) is 11.4. The molecule has 1 aromatic heterocycles. The normalized spacial score (nSPS) is 15.2. The lowest BCUT2D eigenvalue weighted by molar-refractivity contribution is 0.102. The molecule has 28 heavy (non-hydrogen) atoms. The van der Waals surface area contributed by atoms with Crippen molar-refractivity contribution >= 4 is 42.6 Å². The summed E-state index contributed by atoms with van der Waals surface area (Å²) in [7, 11) is -3.48. The molecule has 0 saturated carbocycles. The van der Waals surface area contributed by atoms with Crippen molar-refractivity contribution in [1.82, 2.24) is 9.29 Å². The van der Waals surface area contributed by atoms with Crippen LogP contribution in [-0.4, -0.2) is 36.7 Å². The van der Waals surface area contributed by atoms with Crippen molar-refractivity contribution in [2.75, 3.05) is 18.4 Å². The van der Waals surface area contributed by atoms with Gasteiger partial charge in [0.2, 0.25) is 10.0 Å². The number of thiazole rings is 1. The summed E-state index contributed by atoms with van der Waals surface area (Å²) >= 11 is 1.44. The molecule has 1 aliphatic rings. The second-order valence-corrected chi connectivity index (χ2v) is 9.92. The van der Waals surface area contributed by atoms with E-state index in [1.807, 2.05) is 26.0 Å². The van der Waals surface area contributed by atoms with Gasteiger partial charge in [-0.25, -0.2) is 13.4 Å². The van der Waals surface area contributed by atoms with Crippen LogP contribution in [0.1, 0.15) is 34.3 Å². The van der Waals surface area contributed by atoms with Crippen LogP contribution < -0.4 is 5.32 Å². The van der Waals surface area contributed by atoms with Crippen molar-refractivity contribution < 1.29 is 13.2 Å². The van der Waals surface area contributed by atoms with Gasteiger partial charge in [-0.15, -0.1) is 0 Å². The minimum Gasteiger partial charge on any atom is -0.298 e. The Hall–Kier alpha value is -2.29. The minimum absolute atomic E-state index is 0.220. The lowest BCUT2D eigenvalue weighted by Crippen LogP contribution is -2.27. The first-order valence-electron chi connectivity index (χ1n) is 9.14. The van der Waals surface area contributed by atoms with E-state index in [9.17, 15) is 13.2 Å². The Morgan fingerprint density at radius 1 is 1.04 bits per heavy atom. The Morgan fingerprint density at radius 3 is 2.32 bits per heavy atom. The maximum atomic E-state index is 12.6. The quantitative estimate of drug-likeness (QED) is 0.700. The number of hydrogen-bond acceptors (Lipinski definition) is 5. The van der Waals surface area contributed by atoms with Crippen LogP contribution in [0, 0.1) is 13.8 Å². The molecule has 0 aliphatic carbocycles. The average molecular weight is 416 g/mol. The topological polar surface area (TPSA) is 79.4 Å². The van der Waals surface area contributed by atoms with Crippen molar-refractivity contribution in [2.45, 2.75) is 31.6 Å². The number of nitrogens with zero attached hydrogens (tertiary/aromatic N) is 2. The van der Waals surface area contributed by atoms with E-state index in [-0.39, 0.29) is 10.8 Å². The van der Waals surface area contributed by atoms with Crippen LogP contribution in [-0.2, 0) is 10.0 Å². The first kappa shape index (κ1) is 19.0. The standard InChI is InChI=1S/C20H21N3O3S2/c1-13-5-6-14(2)18-17(13)21-20(27-18)22-19(24)15-7-9-16(10-8-15)28(25,26)23-11-3-4-12-23/h5-10H,3-4,11-12H2,1-2H3,(H,21,22,24). The number of benzene rings is 2. The highest BCUT2D eigenvalue weighted by molar-refractivity contribution is 7.89. The molecule has 2 heterocycles. The van der Waals surface area contributed by atoms with Crippen LogP contribution in [0.15, 0.2) is 41.3 Å². The molecule has 0 unspecified atom stereocenters. The SMILES string of the molecule is Cc1ccc(C)c2sc(NC(=O)c3ccc(S(=O)(=O)N4CCCC4)cc3)nc12. The highest BCUT2D eigenvalue weighted by atomic mass is 32.2. The van der Waals surface area contributed by atoms with E-state index in [0.717, 1.165) is 34.2 Å². The fraction of sp³-hybridized carbons (Fsp3) is 0.300. The number of aryl methyl sites for hydroxylation is 2. The molecule has 1 fully saturated rings. The maximum Gasteiger partial charge on any atom is 0.257 e. The van der Waals surface area contributed by atoms with E-state index in [1.165, 1.54) is 27.8 Å². The summed E-state index contributed by atoms with van der Waals surface area (Å²) in [6.07, 6.45) is 1.78. The van der Waals surface area contributed by atoms with E-state index in [4.69, 9.17) is 0 Å². The minimum atomic E-state index is -3.48. The molecule has 0 radical (unpaired) electrons. The third kappa shape index (κ3) is 3.43. The number of carbonyl (C=O) groups is 1. The number of fused-ring (bicyclic) bond motifs is 1. The average Bonchev–Trinajstić information content (AvgIpc) is 3.36. The van der Waals surface area contributed by atoms with Crippen LogP contribution >= 0.6 is 11.3 Å². The number of amides is 1. The van der Waals surface area contributed by atoms with Crippen LogP contribution in [0.5, 0.6) is 0 Å². The second kappa shape index (κ2) is 7.27. The largest absolute Gasteiger partial charge is 0.298 e. The van der Waals surface area contributed by atoms with Gasteiger partial charge >= 0.3 is 0 Å². The van der Waals surface area contributed by atoms with E-state index in [0.29, 0.717) is 23.8 Å². The Morgan fingerprint density at radius 2 is 1.68 bits per heavy atom. The number of anilines is 1. The summed E-state index contributed by atoms with van der Waals surface area (Å²) in [5.41, 5.74) is 3.48. The highest BCUT2D eigenvalue weighted by Crippen LogP contribution is 2.31. The van der Waals surface area contributed by atoms with Crippen LogP contribution in [0.2, 0.25) is 0 Å². The van der Waals surface area contributed by atoms with Crippen molar-refractivity contribution in [3.05, 3.63) is 53.1 Å². The van der Waals surface area contributed by atoms with Gasteiger partial charge in [0.25, 0.3) is 5.91 Å². The predicted molar refractivity (Wildman–Crippen MR) is 111 cm³/mol. The highest BCUT2D eigenvalue weighted by Gasteiger charge is 2.27. The fourth-order valence-electron chi connectivity index (χ4n) is 3.34. The van der Waals surface area contributed by atoms with Crippen molar-refractivity contribution in [3.8, 4) is 0 Å². The van der Waals surface area contributed by atoms with Crippen LogP contribution in [0.3, 0.4) is 0 Å². The molecule has 2 aromatic carbocycles. The Bertz CT molecular complexity index is 1110. The number of aromatic nitrogens is 1. The van der Waals surface area contributed by atoms with Crippen molar-refractivity contribution in [3.63, 3.8) is 0 Å². The molecule has 1 N–H and O–H groups in total. The molecule has 146 valence electrons. The van der Waals surface area contributed by atoms with Gasteiger partial charge in [-0.1, -0.05) is 23.5 Å². The molecule has 1 aliphatic heterocycles. The molecule has 1 saturated heterocycles. The van der Waals surface area contributed by atoms with E-state index >= 15 is 0 Å². The Balaban J connectivity index is 1.54. The zero-order chi connectivity index (χ0) is 19.9. The second-order valence-electron chi connectivity index (χ2n) is 6.99. The molecule has 1 amide bonds. The zero-order valence-corrected chi connectivity index (χ0v) is 17.4. The third-order valence-electron chi connectivity index (χ3n) is 4.98. The summed E-state index contributed by atoms with van der Waals surface area (Å²) in [5, 5.41) is 3.36. The van der Waals surface area contributed by atoms with Gasteiger partial charge in [-0.2, -0.15) is 4.31 Å². The van der Waals surface area contributed by atoms with Gasteiger partial charge in [-0.05, 0) is 62.1 Å². The summed E-state index contributed by atoms with van der Waals surface area (Å²) in [5.74, 6) is -0.306. The van der Waals surface area contributed by atoms with Gasteiger partial charge in [0.15, 0.2) is 5.13 Å². The van der Waals surface area contributed by atoms with E-state index < -0.39 is 10.0 Å². The molecular formula is C20H21N3O3S2. The summed E-state index contributed by atoms with van der Waals surface area (Å²) < 4.78 is 27.7. The number of hydrogen-bond donors (Lipinski definition) is 1. The molecule has 4 rings (SSSR count). The van der Waals surface area contributed by atoms with Gasteiger partial charge < -0.3 is 0 Å². The first-order chi connectivity index (χ1) is 13.4. The molecule has 0 spiro atoms. The van der Waals surface area contributed by atoms with Crippen molar-refractivity contribution in [1.29, 1.82) is 0 Å². The predicted octanol–water partition coefficient (Wildman–Crippen LogP) is 3.95. The lowest BCUT2D eigenvalue weighted by atomic mass is 10.1. The molecule has 0 atom stereocenters.